The van der Waals surface area contributed by atoms with Crippen LogP contribution in [0, 0.1) is 35.0 Å². The first-order valence-corrected chi connectivity index (χ1v) is 51.3. The fraction of sp³-hybridized carbons (Fsp3) is 0.706. The molecule has 2 bridgehead atoms. The summed E-state index contributed by atoms with van der Waals surface area (Å²) in [6.07, 6.45) is 1.09. The SMILES string of the molecule is C/C(=N/O)C(C)(C)CCCC(CCNC(=O)CCCC(=O)NCCCC[C@@H]1NC(=O)CSC[C@@H](C(=O)CCCOCCOCCOCCCC(=O)COCC(=O)C[C@@H](CS(=O)(=O)O)C(=O)N[C@@H](CS(=O)(=O)O)C(N)=O)NC(=O)[C@H](Cc2ccccc2)CC(=O)[C@@H]2CSSC[C@H](NC1=O)C(=O)C[C@@H](CCCN=C(N)N)C(=O)NCC(=O)C[C@@H](CC(=O)O)C(=O)N2)CCNC(C)(C)/C(C)=N\O. The van der Waals surface area contributed by atoms with Crippen molar-refractivity contribution in [2.75, 3.05) is 120 Å². The molecule has 0 radical (unpaired) electrons. The smallest absolute Gasteiger partial charge is 0.304 e. The summed E-state index contributed by atoms with van der Waals surface area (Å²) in [5.41, 5.74) is 17.1. The number of carboxylic acids is 1. The molecular formula is C85H137N15O29S5. The van der Waals surface area contributed by atoms with Gasteiger partial charge in [0.15, 0.2) is 40.7 Å². The Hall–Kier alpha value is -9.18. The number of carbonyl (C=O) groups is 16. The minimum absolute atomic E-state index is 0.00549. The first-order valence-electron chi connectivity index (χ1n) is 44.4. The highest BCUT2D eigenvalue weighted by atomic mass is 33.1. The Balaban J connectivity index is 1.83. The largest absolute Gasteiger partial charge is 0.481 e. The maximum absolute atomic E-state index is 15.0. The number of nitrogens with one attached hydrogen (secondary N) is 9. The molecule has 756 valence electrons. The van der Waals surface area contributed by atoms with Gasteiger partial charge in [0.05, 0.1) is 97.8 Å². The zero-order chi connectivity index (χ0) is 100.0. The van der Waals surface area contributed by atoms with Crippen molar-refractivity contribution in [1.82, 2.24) is 47.9 Å². The Kier molecular flexibility index (Phi) is 56.8. The summed E-state index contributed by atoms with van der Waals surface area (Å²) < 4.78 is 86.2. The lowest BCUT2D eigenvalue weighted by atomic mass is 9.81. The van der Waals surface area contributed by atoms with E-state index in [9.17, 15) is 114 Å². The number of hydrogen-bond donors (Lipinski definition) is 17. The molecule has 2 aliphatic heterocycles. The number of aliphatic imine (C=N–C) groups is 1. The normalized spacial score (nSPS) is 19.7. The molecule has 1 aromatic carbocycles. The molecule has 1 aromatic rings. The fourth-order valence-corrected chi connectivity index (χ4v) is 18.6. The van der Waals surface area contributed by atoms with E-state index in [4.69, 9.17) is 40.7 Å². The molecule has 9 amide bonds. The number of ketones is 6. The van der Waals surface area contributed by atoms with Crippen molar-refractivity contribution in [1.29, 1.82) is 0 Å². The summed E-state index contributed by atoms with van der Waals surface area (Å²) in [7, 11) is -7.84. The van der Waals surface area contributed by atoms with Gasteiger partial charge in [-0.15, -0.1) is 11.8 Å². The monoisotopic (exact) mass is 1990 g/mol. The van der Waals surface area contributed by atoms with Crippen molar-refractivity contribution < 1.29 is 137 Å². The van der Waals surface area contributed by atoms with E-state index >= 15 is 0 Å². The van der Waals surface area contributed by atoms with Gasteiger partial charge >= 0.3 is 5.97 Å². The van der Waals surface area contributed by atoms with Crippen LogP contribution in [0.3, 0.4) is 0 Å². The van der Waals surface area contributed by atoms with Crippen molar-refractivity contribution in [3.63, 3.8) is 0 Å². The predicted molar refractivity (Wildman–Crippen MR) is 499 cm³/mol. The number of primary amides is 1. The fourth-order valence-electron chi connectivity index (χ4n) is 13.9. The number of unbranched alkanes of at least 4 members (excludes halogenated alkanes) is 1. The second-order valence-electron chi connectivity index (χ2n) is 34.2. The van der Waals surface area contributed by atoms with Crippen molar-refractivity contribution in [2.45, 2.75) is 225 Å². The molecule has 2 heterocycles. The van der Waals surface area contributed by atoms with Gasteiger partial charge in [-0.3, -0.25) is 90.8 Å². The van der Waals surface area contributed by atoms with E-state index < -0.39 is 231 Å². The highest BCUT2D eigenvalue weighted by molar-refractivity contribution is 8.76. The summed E-state index contributed by atoms with van der Waals surface area (Å²) in [5, 5.41) is 60.2. The molecule has 0 spiro atoms. The zero-order valence-corrected chi connectivity index (χ0v) is 81.1. The summed E-state index contributed by atoms with van der Waals surface area (Å²) >= 11 is 0.921. The van der Waals surface area contributed by atoms with E-state index in [1.807, 2.05) is 33.0 Å². The van der Waals surface area contributed by atoms with Crippen LogP contribution in [0.15, 0.2) is 45.6 Å². The number of benzene rings is 1. The number of amides is 9. The number of aliphatic carboxylic acids is 1. The summed E-state index contributed by atoms with van der Waals surface area (Å²) in [4.78, 5) is 223. The van der Waals surface area contributed by atoms with E-state index in [0.29, 0.717) is 36.5 Å². The molecule has 3 rings (SSSR count). The van der Waals surface area contributed by atoms with Crippen LogP contribution in [0.1, 0.15) is 188 Å². The van der Waals surface area contributed by atoms with Crippen LogP contribution in [0.4, 0.5) is 0 Å². The number of rotatable bonds is 58. The Morgan fingerprint density at radius 1 is 0.590 bits per heavy atom. The number of oxime groups is 2. The van der Waals surface area contributed by atoms with Crippen LogP contribution in [0.2, 0.25) is 0 Å². The number of nitrogens with zero attached hydrogens (tertiary/aromatic N) is 3. The molecule has 44 nitrogen and oxygen atoms in total. The number of carbonyl (C=O) groups excluding carboxylic acids is 15. The van der Waals surface area contributed by atoms with Crippen molar-refractivity contribution in [3.05, 3.63) is 35.9 Å². The Morgan fingerprint density at radius 2 is 1.16 bits per heavy atom. The van der Waals surface area contributed by atoms with E-state index in [-0.39, 0.29) is 183 Å². The van der Waals surface area contributed by atoms with Gasteiger partial charge in [0.2, 0.25) is 53.2 Å². The molecule has 10 atom stereocenters. The lowest BCUT2D eigenvalue weighted by Gasteiger charge is -2.28. The average molecular weight is 1990 g/mol. The van der Waals surface area contributed by atoms with E-state index in [1.54, 1.807) is 44.2 Å². The predicted octanol–water partition coefficient (Wildman–Crippen LogP) is 1.00. The number of Topliss-reactive ketones (excluding diaryl/α,β-unsaturated/α-hetero) is 6. The standard InChI is InChI=1S/C85H137N15O29S5/c1-54(99-118)84(3,4)28-13-19-56(27-32-93-85(5,6)55(2)100-119)26-31-90-74(108)25-12-24-73(107)89-29-11-10-22-65-82(117)97-68-50-132-131-49-67(96-80(115)60(44-76(110)111)40-63(102)45-92-78(113)58(42-71(68)105)20-14-30-91-83(87)88)72(106)43-59(39-57-17-8-7-9-18-57)79(114)95-66(48-130-51-75(109)94-65)70(104)23-16-34-127-36-38-128-37-35-126-33-15-21-62(101)46-129-47-64(103)41-61(52-133(120,121)122)81(116)98-69(77(86)112)53-134(123,124)125/h7-9,17-18,56,58-61,65-69,93,118-119H,10-16,19-53H2,1-6H3,(H2,86,112)(H,89,107)(H,90,108)(H,92,113)(H,94,109)(H,95,114)(H,96,115)(H,97,117)(H,98,116)(H,110,111)(H4,87,88,91)(H,120,121,122)(H,123,124,125)/b99-54-,100-55-/t56?,58-,59-,60+,61+,65+,66+,67+,68+,69+/m1/s1. The number of hydrogen-bond acceptors (Lipinski definition) is 33. The molecule has 2 aliphatic rings. The molecule has 49 heteroatoms. The quantitative estimate of drug-likeness (QED) is 0.00823. The molecule has 134 heavy (non-hydrogen) atoms. The highest BCUT2D eigenvalue weighted by Gasteiger charge is 2.38. The van der Waals surface area contributed by atoms with Gasteiger partial charge in [0.1, 0.15) is 31.1 Å². The van der Waals surface area contributed by atoms with Crippen LogP contribution in [-0.2, 0) is 122 Å². The van der Waals surface area contributed by atoms with Gasteiger partial charge in [-0.05, 0) is 123 Å². The van der Waals surface area contributed by atoms with E-state index in [1.165, 1.54) is 0 Å². The maximum atomic E-state index is 15.0. The van der Waals surface area contributed by atoms with Crippen molar-refractivity contribution >= 4 is 165 Å². The van der Waals surface area contributed by atoms with Gasteiger partial charge in [-0.1, -0.05) is 88.9 Å². The zero-order valence-electron chi connectivity index (χ0n) is 77.0. The minimum Gasteiger partial charge on any atom is -0.481 e. The summed E-state index contributed by atoms with van der Waals surface area (Å²) in [6, 6.07) is 0.908. The number of thioether (sulfide) groups is 1. The Morgan fingerprint density at radius 3 is 1.76 bits per heavy atom. The van der Waals surface area contributed by atoms with Crippen molar-refractivity contribution in [3.8, 4) is 0 Å². The summed E-state index contributed by atoms with van der Waals surface area (Å²) in [6.45, 7) is 10.8. The first kappa shape index (κ1) is 119. The van der Waals surface area contributed by atoms with E-state index in [2.05, 4.69) is 57.8 Å². The Bertz CT molecular complexity index is 4320. The van der Waals surface area contributed by atoms with Crippen molar-refractivity contribution in [2.24, 2.45) is 67.5 Å². The second kappa shape index (κ2) is 64.0. The van der Waals surface area contributed by atoms with Crippen LogP contribution in [-0.4, -0.2) is 309 Å². The molecule has 2 fully saturated rings. The molecule has 0 aromatic heterocycles. The van der Waals surface area contributed by atoms with Gasteiger partial charge in [0, 0.05) is 119 Å². The molecule has 0 saturated carbocycles. The number of carboxylic acid groups (broad SMARTS) is 1. The molecule has 0 aliphatic carbocycles. The Labute approximate surface area is 793 Å². The highest BCUT2D eigenvalue weighted by Crippen LogP contribution is 2.30. The second-order valence-corrected chi connectivity index (χ2v) is 40.7. The van der Waals surface area contributed by atoms with Crippen LogP contribution < -0.4 is 65.1 Å². The molecule has 20 N–H and O–H groups in total. The van der Waals surface area contributed by atoms with Gasteiger partial charge in [0.25, 0.3) is 20.2 Å². The number of ether oxygens (including phenoxy) is 4. The van der Waals surface area contributed by atoms with E-state index in [0.717, 1.165) is 59.0 Å². The third-order valence-corrected chi connectivity index (χ3v) is 27.2. The molecular weight excluding hydrogens is 1860 g/mol. The molecule has 2 saturated heterocycles. The number of fused-ring (bicyclic) bond motifs is 5. The van der Waals surface area contributed by atoms with Crippen LogP contribution in [0.5, 0.6) is 0 Å². The number of guanidine groups is 1. The van der Waals surface area contributed by atoms with Crippen LogP contribution in [0.25, 0.3) is 0 Å². The minimum atomic E-state index is -4.92. The third-order valence-electron chi connectivity index (χ3n) is 22.2. The molecule has 1 unspecified atom stereocenters. The van der Waals surface area contributed by atoms with Crippen LogP contribution >= 0.6 is 33.3 Å². The first-order chi connectivity index (χ1) is 63.2. The average Bonchev–Trinajstić information content (AvgIpc) is 0.949. The lowest BCUT2D eigenvalue weighted by Crippen LogP contribution is -2.53. The van der Waals surface area contributed by atoms with Gasteiger partial charge < -0.3 is 99.5 Å². The summed E-state index contributed by atoms with van der Waals surface area (Å²) in [5.74, 6) is -22.8. The third kappa shape index (κ3) is 52.8. The van der Waals surface area contributed by atoms with Gasteiger partial charge in [-0.2, -0.15) is 16.8 Å². The van der Waals surface area contributed by atoms with Gasteiger partial charge in [-0.25, -0.2) is 0 Å². The lowest BCUT2D eigenvalue weighted by molar-refractivity contribution is -0.142. The maximum Gasteiger partial charge on any atom is 0.304 e. The topological polar surface area (TPSA) is 703 Å². The number of nitrogens with two attached hydrogens (primary N) is 3.